The number of halogens is 1. The first-order valence-electron chi connectivity index (χ1n) is 12.7. The lowest BCUT2D eigenvalue weighted by Crippen LogP contribution is -2.19. The number of rotatable bonds is 8. The van der Waals surface area contributed by atoms with E-state index in [0.29, 0.717) is 21.3 Å². The van der Waals surface area contributed by atoms with Crippen LogP contribution in [0.4, 0.5) is 10.7 Å². The Hall–Kier alpha value is -3.57. The minimum absolute atomic E-state index is 0.137. The van der Waals surface area contributed by atoms with Gasteiger partial charge >= 0.3 is 0 Å². The molecule has 8 heteroatoms. The second-order valence-corrected chi connectivity index (χ2v) is 12.0. The number of fused-ring (bicyclic) bond motifs is 1. The fourth-order valence-electron chi connectivity index (χ4n) is 4.63. The van der Waals surface area contributed by atoms with Gasteiger partial charge < -0.3 is 10.6 Å². The fraction of sp³-hybridized carbons (Fsp3) is 0.194. The van der Waals surface area contributed by atoms with Gasteiger partial charge in [-0.1, -0.05) is 60.1 Å². The molecular weight excluding hydrogens is 546 g/mol. The van der Waals surface area contributed by atoms with Crippen LogP contribution in [0.1, 0.15) is 45.2 Å². The number of aryl methyl sites for hydroxylation is 1. The second-order valence-electron chi connectivity index (χ2n) is 9.30. The molecule has 1 aromatic heterocycles. The average Bonchev–Trinajstić information content (AvgIpc) is 3.30. The second kappa shape index (κ2) is 12.5. The van der Waals surface area contributed by atoms with Gasteiger partial charge in [0.15, 0.2) is 0 Å². The van der Waals surface area contributed by atoms with Crippen molar-refractivity contribution in [2.75, 3.05) is 10.6 Å². The van der Waals surface area contributed by atoms with Gasteiger partial charge in [-0.25, -0.2) is 0 Å². The molecule has 0 fully saturated rings. The number of hydrogen-bond donors (Lipinski definition) is 2. The molecule has 0 bridgehead atoms. The maximum atomic E-state index is 13.7. The highest BCUT2D eigenvalue weighted by molar-refractivity contribution is 8.00. The molecule has 0 aliphatic heterocycles. The Morgan fingerprint density at radius 1 is 0.974 bits per heavy atom. The number of amides is 2. The molecule has 4 aromatic rings. The highest BCUT2D eigenvalue weighted by atomic mass is 35.5. The summed E-state index contributed by atoms with van der Waals surface area (Å²) in [6.45, 7) is 0. The van der Waals surface area contributed by atoms with Crippen LogP contribution >= 0.6 is 34.7 Å². The first-order chi connectivity index (χ1) is 19.0. The third-order valence-corrected chi connectivity index (χ3v) is 9.22. The van der Waals surface area contributed by atoms with E-state index in [1.807, 2.05) is 66.7 Å². The number of thioether (sulfide) groups is 1. The highest BCUT2D eigenvalue weighted by Crippen LogP contribution is 2.41. The zero-order valence-electron chi connectivity index (χ0n) is 21.1. The molecule has 1 aliphatic rings. The van der Waals surface area contributed by atoms with E-state index in [1.54, 1.807) is 12.1 Å². The van der Waals surface area contributed by atoms with Crippen LogP contribution in [0.15, 0.2) is 83.8 Å². The summed E-state index contributed by atoms with van der Waals surface area (Å²) >= 11 is 8.88. The van der Waals surface area contributed by atoms with Crippen molar-refractivity contribution in [2.45, 2.75) is 42.2 Å². The molecule has 1 heterocycles. The molecular formula is C31H26ClN3O2S2. The molecule has 0 saturated carbocycles. The van der Waals surface area contributed by atoms with Gasteiger partial charge in [0.1, 0.15) is 16.3 Å². The zero-order valence-corrected chi connectivity index (χ0v) is 23.5. The van der Waals surface area contributed by atoms with Crippen LogP contribution in [0.25, 0.3) is 0 Å². The van der Waals surface area contributed by atoms with Crippen molar-refractivity contribution in [3.05, 3.63) is 111 Å². The molecule has 196 valence electrons. The van der Waals surface area contributed by atoms with Gasteiger partial charge in [0.25, 0.3) is 0 Å². The number of hydrogen-bond acceptors (Lipinski definition) is 5. The maximum Gasteiger partial charge on any atom is 0.243 e. The van der Waals surface area contributed by atoms with Gasteiger partial charge in [-0.2, -0.15) is 5.26 Å². The molecule has 1 unspecified atom stereocenters. The van der Waals surface area contributed by atoms with E-state index in [9.17, 15) is 14.9 Å². The van der Waals surface area contributed by atoms with Crippen LogP contribution in [-0.4, -0.2) is 11.8 Å². The molecule has 5 rings (SSSR count). The SMILES string of the molecule is N#Cc1c(NC(=O)C(Sc2cccc(NC(=O)Cc3ccc(Cl)cc3)c2)c2ccccc2)sc2c1CCCC2. The van der Waals surface area contributed by atoms with Crippen LogP contribution in [0.5, 0.6) is 0 Å². The Balaban J connectivity index is 1.33. The predicted octanol–water partition coefficient (Wildman–Crippen LogP) is 7.81. The van der Waals surface area contributed by atoms with Crippen LogP contribution in [0.2, 0.25) is 5.02 Å². The Morgan fingerprint density at radius 3 is 2.51 bits per heavy atom. The summed E-state index contributed by atoms with van der Waals surface area (Å²) in [5, 5.41) is 16.6. The first kappa shape index (κ1) is 27.0. The normalized spacial score (nSPS) is 13.1. The Bertz CT molecular complexity index is 1530. The lowest BCUT2D eigenvalue weighted by molar-refractivity contribution is -0.116. The van der Waals surface area contributed by atoms with E-state index in [0.717, 1.165) is 47.3 Å². The standard InChI is InChI=1S/C31H26ClN3O2S2/c32-22-15-13-20(14-16-22)17-28(36)34-23-9-6-10-24(18-23)38-29(21-7-2-1-3-8-21)30(37)35-31-26(19-33)25-11-4-5-12-27(25)39-31/h1-3,6-10,13-16,18,29H,4-5,11-12,17H2,(H,34,36)(H,35,37). The molecule has 0 radical (unpaired) electrons. The number of thiophene rings is 1. The lowest BCUT2D eigenvalue weighted by atomic mass is 9.96. The van der Waals surface area contributed by atoms with Gasteiger partial charge in [-0.3, -0.25) is 9.59 Å². The topological polar surface area (TPSA) is 82.0 Å². The van der Waals surface area contributed by atoms with Gasteiger partial charge in [-0.05, 0) is 72.7 Å². The van der Waals surface area contributed by atoms with Crippen LogP contribution in [-0.2, 0) is 28.9 Å². The summed E-state index contributed by atoms with van der Waals surface area (Å²) in [5.74, 6) is -0.319. The van der Waals surface area contributed by atoms with Crippen LogP contribution < -0.4 is 10.6 Å². The van der Waals surface area contributed by atoms with Crippen molar-refractivity contribution in [1.82, 2.24) is 0 Å². The third kappa shape index (κ3) is 6.72. The summed E-state index contributed by atoms with van der Waals surface area (Å²) in [5.41, 5.74) is 4.08. The summed E-state index contributed by atoms with van der Waals surface area (Å²) < 4.78 is 0. The van der Waals surface area contributed by atoms with E-state index in [-0.39, 0.29) is 18.2 Å². The molecule has 0 spiro atoms. The van der Waals surface area contributed by atoms with Gasteiger partial charge in [-0.15, -0.1) is 23.1 Å². The van der Waals surface area contributed by atoms with Crippen molar-refractivity contribution in [3.63, 3.8) is 0 Å². The van der Waals surface area contributed by atoms with Gasteiger partial charge in [0.2, 0.25) is 11.8 Å². The largest absolute Gasteiger partial charge is 0.326 e. The molecule has 2 amide bonds. The van der Waals surface area contributed by atoms with Gasteiger partial charge in [0, 0.05) is 20.5 Å². The van der Waals surface area contributed by atoms with Crippen molar-refractivity contribution in [1.29, 1.82) is 5.26 Å². The van der Waals surface area contributed by atoms with Crippen LogP contribution in [0, 0.1) is 11.3 Å². The van der Waals surface area contributed by atoms with E-state index in [1.165, 1.54) is 28.0 Å². The fourth-order valence-corrected chi connectivity index (χ4v) is 7.08. The third-order valence-electron chi connectivity index (χ3n) is 6.51. The first-order valence-corrected chi connectivity index (χ1v) is 14.8. The smallest absolute Gasteiger partial charge is 0.243 e. The minimum Gasteiger partial charge on any atom is -0.326 e. The maximum absolute atomic E-state index is 13.7. The molecule has 1 atom stereocenters. The van der Waals surface area contributed by atoms with E-state index < -0.39 is 5.25 Å². The van der Waals surface area contributed by atoms with Crippen molar-refractivity contribution < 1.29 is 9.59 Å². The van der Waals surface area contributed by atoms with E-state index in [2.05, 4.69) is 16.7 Å². The number of benzene rings is 3. The average molecular weight is 572 g/mol. The number of nitriles is 1. The van der Waals surface area contributed by atoms with E-state index in [4.69, 9.17) is 11.6 Å². The summed E-state index contributed by atoms with van der Waals surface area (Å²) in [6.07, 6.45) is 4.26. The highest BCUT2D eigenvalue weighted by Gasteiger charge is 2.26. The quantitative estimate of drug-likeness (QED) is 0.211. The molecule has 5 nitrogen and oxygen atoms in total. The lowest BCUT2D eigenvalue weighted by Gasteiger charge is -2.17. The summed E-state index contributed by atoms with van der Waals surface area (Å²) in [6, 6.07) is 26.6. The molecule has 1 aliphatic carbocycles. The zero-order chi connectivity index (χ0) is 27.2. The monoisotopic (exact) mass is 571 g/mol. The minimum atomic E-state index is -0.545. The molecule has 3 aromatic carbocycles. The molecule has 2 N–H and O–H groups in total. The van der Waals surface area contributed by atoms with Crippen molar-refractivity contribution in [3.8, 4) is 6.07 Å². The molecule has 0 saturated heterocycles. The van der Waals surface area contributed by atoms with Gasteiger partial charge in [0.05, 0.1) is 12.0 Å². The summed E-state index contributed by atoms with van der Waals surface area (Å²) in [7, 11) is 0. The summed E-state index contributed by atoms with van der Waals surface area (Å²) in [4.78, 5) is 28.4. The Kier molecular flexibility index (Phi) is 8.67. The van der Waals surface area contributed by atoms with E-state index >= 15 is 0 Å². The van der Waals surface area contributed by atoms with Crippen LogP contribution in [0.3, 0.4) is 0 Å². The Labute approximate surface area is 241 Å². The number of nitrogens with zero attached hydrogens (tertiary/aromatic N) is 1. The van der Waals surface area contributed by atoms with Crippen molar-refractivity contribution >= 4 is 57.2 Å². The van der Waals surface area contributed by atoms with Crippen molar-refractivity contribution in [2.24, 2.45) is 0 Å². The predicted molar refractivity (Wildman–Crippen MR) is 160 cm³/mol. The number of anilines is 2. The molecule has 39 heavy (non-hydrogen) atoms. The number of nitrogens with one attached hydrogen (secondary N) is 2. The Morgan fingerprint density at radius 2 is 1.74 bits per heavy atom. The number of carbonyl (C=O) groups is 2. The number of carbonyl (C=O) groups excluding carboxylic acids is 2.